The minimum Gasteiger partial charge on any atom is -0.474 e. The molecule has 0 aliphatic carbocycles. The van der Waals surface area contributed by atoms with Crippen molar-refractivity contribution >= 4 is 47.0 Å². The first-order valence-corrected chi connectivity index (χ1v) is 10.5. The van der Waals surface area contributed by atoms with E-state index >= 15 is 0 Å². The highest BCUT2D eigenvalue weighted by atomic mass is 35.5. The fourth-order valence-corrected chi connectivity index (χ4v) is 3.17. The Balaban J connectivity index is 1.60. The van der Waals surface area contributed by atoms with Crippen molar-refractivity contribution < 1.29 is 24.0 Å². The molecule has 1 amide bonds. The number of benzene rings is 3. The van der Waals surface area contributed by atoms with Gasteiger partial charge >= 0.3 is 11.7 Å². The molecular weight excluding hydrogens is 485 g/mol. The first-order valence-electron chi connectivity index (χ1n) is 9.75. The molecule has 34 heavy (non-hydrogen) atoms. The van der Waals surface area contributed by atoms with Crippen molar-refractivity contribution in [2.75, 3.05) is 0 Å². The second-order valence-corrected chi connectivity index (χ2v) is 7.65. The first-order chi connectivity index (χ1) is 16.2. The number of carbonyl (C=O) groups is 2. The Morgan fingerprint density at radius 3 is 2.59 bits per heavy atom. The van der Waals surface area contributed by atoms with Crippen molar-refractivity contribution in [3.63, 3.8) is 0 Å². The number of nitro groups is 1. The maximum atomic E-state index is 12.4. The summed E-state index contributed by atoms with van der Waals surface area (Å²) in [5.41, 5.74) is 2.73. The van der Waals surface area contributed by atoms with E-state index in [0.29, 0.717) is 10.6 Å². The molecule has 174 valence electrons. The molecule has 0 unspecified atom stereocenters. The number of para-hydroxylation sites is 2. The van der Waals surface area contributed by atoms with Gasteiger partial charge in [-0.1, -0.05) is 47.5 Å². The molecule has 0 saturated heterocycles. The third kappa shape index (κ3) is 6.53. The molecule has 0 saturated carbocycles. The van der Waals surface area contributed by atoms with Crippen LogP contribution in [-0.4, -0.2) is 29.1 Å². The Kier molecular flexibility index (Phi) is 8.18. The first kappa shape index (κ1) is 24.7. The van der Waals surface area contributed by atoms with E-state index in [-0.39, 0.29) is 27.8 Å². The van der Waals surface area contributed by atoms with Gasteiger partial charge in [-0.25, -0.2) is 10.2 Å². The SMILES string of the molecule is C[C@H](Oc1ccccc1[N+](=O)[O-])C(=O)N/N=C\c1cccc(OC(=O)c2ccc(Cl)cc2Cl)c1. The van der Waals surface area contributed by atoms with Gasteiger partial charge in [0, 0.05) is 11.1 Å². The van der Waals surface area contributed by atoms with Gasteiger partial charge in [-0.15, -0.1) is 0 Å². The van der Waals surface area contributed by atoms with Crippen LogP contribution in [0.4, 0.5) is 5.69 Å². The van der Waals surface area contributed by atoms with E-state index < -0.39 is 22.9 Å². The lowest BCUT2D eigenvalue weighted by Gasteiger charge is -2.12. The number of hydrazone groups is 1. The molecule has 0 aromatic heterocycles. The van der Waals surface area contributed by atoms with Gasteiger partial charge in [0.1, 0.15) is 5.75 Å². The van der Waals surface area contributed by atoms with E-state index in [4.69, 9.17) is 32.7 Å². The smallest absolute Gasteiger partial charge is 0.345 e. The van der Waals surface area contributed by atoms with Crippen molar-refractivity contribution in [3.8, 4) is 11.5 Å². The van der Waals surface area contributed by atoms with Crippen LogP contribution in [0.15, 0.2) is 71.8 Å². The Morgan fingerprint density at radius 1 is 1.09 bits per heavy atom. The number of amides is 1. The van der Waals surface area contributed by atoms with Gasteiger partial charge in [-0.2, -0.15) is 5.10 Å². The second kappa shape index (κ2) is 11.3. The van der Waals surface area contributed by atoms with Crippen LogP contribution in [-0.2, 0) is 4.79 Å². The minimum absolute atomic E-state index is 0.0329. The van der Waals surface area contributed by atoms with E-state index in [1.54, 1.807) is 24.3 Å². The highest BCUT2D eigenvalue weighted by Crippen LogP contribution is 2.27. The number of hydrogen-bond donors (Lipinski definition) is 1. The van der Waals surface area contributed by atoms with Crippen LogP contribution in [0.3, 0.4) is 0 Å². The van der Waals surface area contributed by atoms with E-state index in [1.165, 1.54) is 55.6 Å². The summed E-state index contributed by atoms with van der Waals surface area (Å²) in [6, 6.07) is 16.6. The number of rotatable bonds is 8. The third-order valence-electron chi connectivity index (χ3n) is 4.34. The molecular formula is C23H17Cl2N3O6. The van der Waals surface area contributed by atoms with Crippen LogP contribution < -0.4 is 14.9 Å². The average Bonchev–Trinajstić information content (AvgIpc) is 2.79. The zero-order chi connectivity index (χ0) is 24.7. The molecule has 1 atom stereocenters. The normalized spacial score (nSPS) is 11.6. The molecule has 0 radical (unpaired) electrons. The number of esters is 1. The number of hydrogen-bond acceptors (Lipinski definition) is 7. The Hall–Kier alpha value is -3.95. The summed E-state index contributed by atoms with van der Waals surface area (Å²) in [5.74, 6) is -1.08. The predicted molar refractivity (Wildman–Crippen MR) is 127 cm³/mol. The van der Waals surface area contributed by atoms with Crippen LogP contribution in [0.1, 0.15) is 22.8 Å². The van der Waals surface area contributed by atoms with E-state index in [9.17, 15) is 19.7 Å². The Bertz CT molecular complexity index is 1260. The lowest BCUT2D eigenvalue weighted by molar-refractivity contribution is -0.386. The lowest BCUT2D eigenvalue weighted by atomic mass is 10.2. The number of nitro benzene ring substituents is 1. The zero-order valence-electron chi connectivity index (χ0n) is 17.6. The Labute approximate surface area is 204 Å². The fraction of sp³-hybridized carbons (Fsp3) is 0.0870. The van der Waals surface area contributed by atoms with Crippen molar-refractivity contribution in [2.45, 2.75) is 13.0 Å². The number of carbonyl (C=O) groups excluding carboxylic acids is 2. The summed E-state index contributed by atoms with van der Waals surface area (Å²) in [6.45, 7) is 1.43. The maximum absolute atomic E-state index is 12.4. The molecule has 0 fully saturated rings. The molecule has 0 aliphatic rings. The molecule has 0 spiro atoms. The summed E-state index contributed by atoms with van der Waals surface area (Å²) in [4.78, 5) is 35.1. The van der Waals surface area contributed by atoms with Crippen LogP contribution in [0.5, 0.6) is 11.5 Å². The third-order valence-corrected chi connectivity index (χ3v) is 4.89. The van der Waals surface area contributed by atoms with Crippen LogP contribution >= 0.6 is 23.2 Å². The highest BCUT2D eigenvalue weighted by Gasteiger charge is 2.20. The van der Waals surface area contributed by atoms with Crippen LogP contribution in [0.25, 0.3) is 0 Å². The summed E-state index contributed by atoms with van der Waals surface area (Å²) in [7, 11) is 0. The van der Waals surface area contributed by atoms with Gasteiger partial charge in [-0.05, 0) is 48.9 Å². The molecule has 3 aromatic carbocycles. The fourth-order valence-electron chi connectivity index (χ4n) is 2.69. The van der Waals surface area contributed by atoms with Gasteiger partial charge in [-0.3, -0.25) is 14.9 Å². The van der Waals surface area contributed by atoms with E-state index in [0.717, 1.165) is 0 Å². The van der Waals surface area contributed by atoms with Crippen molar-refractivity contribution in [1.29, 1.82) is 0 Å². The van der Waals surface area contributed by atoms with Crippen molar-refractivity contribution in [2.24, 2.45) is 5.10 Å². The minimum atomic E-state index is -1.05. The molecule has 0 bridgehead atoms. The lowest BCUT2D eigenvalue weighted by Crippen LogP contribution is -2.33. The van der Waals surface area contributed by atoms with Crippen LogP contribution in [0.2, 0.25) is 10.0 Å². The van der Waals surface area contributed by atoms with Gasteiger partial charge in [0.25, 0.3) is 5.91 Å². The molecule has 9 nitrogen and oxygen atoms in total. The molecule has 0 heterocycles. The van der Waals surface area contributed by atoms with Gasteiger partial charge in [0.2, 0.25) is 0 Å². The zero-order valence-corrected chi connectivity index (χ0v) is 19.1. The summed E-state index contributed by atoms with van der Waals surface area (Å²) >= 11 is 11.9. The van der Waals surface area contributed by atoms with Gasteiger partial charge < -0.3 is 9.47 Å². The van der Waals surface area contributed by atoms with Crippen LogP contribution in [0, 0.1) is 10.1 Å². The average molecular weight is 502 g/mol. The second-order valence-electron chi connectivity index (χ2n) is 6.81. The predicted octanol–water partition coefficient (Wildman–Crippen LogP) is 5.04. The van der Waals surface area contributed by atoms with Gasteiger partial charge in [0.05, 0.1) is 21.7 Å². The molecule has 3 aromatic rings. The quantitative estimate of drug-likeness (QED) is 0.152. The monoisotopic (exact) mass is 501 g/mol. The molecule has 1 N–H and O–H groups in total. The Morgan fingerprint density at radius 2 is 1.85 bits per heavy atom. The number of halogens is 2. The van der Waals surface area contributed by atoms with Crippen molar-refractivity contribution in [1.82, 2.24) is 5.43 Å². The molecule has 0 aliphatic heterocycles. The largest absolute Gasteiger partial charge is 0.474 e. The maximum Gasteiger partial charge on any atom is 0.345 e. The number of nitrogens with zero attached hydrogens (tertiary/aromatic N) is 2. The summed E-state index contributed by atoms with van der Waals surface area (Å²) in [5, 5.41) is 15.5. The van der Waals surface area contributed by atoms with E-state index in [2.05, 4.69) is 10.5 Å². The summed E-state index contributed by atoms with van der Waals surface area (Å²) in [6.07, 6.45) is 0.289. The standard InChI is InChI=1S/C23H17Cl2N3O6/c1-14(33-21-8-3-2-7-20(21)28(31)32)22(29)27-26-13-15-5-4-6-17(11-15)34-23(30)18-10-9-16(24)12-19(18)25/h2-14H,1H3,(H,27,29)/b26-13-/t14-/m0/s1. The molecule has 3 rings (SSSR count). The summed E-state index contributed by atoms with van der Waals surface area (Å²) < 4.78 is 10.7. The topological polar surface area (TPSA) is 120 Å². The molecule has 11 heteroatoms. The van der Waals surface area contributed by atoms with Gasteiger partial charge in [0.15, 0.2) is 11.9 Å². The van der Waals surface area contributed by atoms with Crippen molar-refractivity contribution in [3.05, 3.63) is 98.0 Å². The van der Waals surface area contributed by atoms with E-state index in [1.807, 2.05) is 0 Å². The number of ether oxygens (including phenoxy) is 2. The highest BCUT2D eigenvalue weighted by molar-refractivity contribution is 6.36. The number of nitrogens with one attached hydrogen (secondary N) is 1.